The average Bonchev–Trinajstić information content (AvgIpc) is 3.11. The van der Waals surface area contributed by atoms with E-state index in [2.05, 4.69) is 5.32 Å². The molecule has 5 rings (SSSR count). The lowest BCUT2D eigenvalue weighted by Crippen LogP contribution is -2.32. The number of hydrogen-bond donors (Lipinski definition) is 1. The van der Waals surface area contributed by atoms with Gasteiger partial charge < -0.3 is 10.2 Å². The number of rotatable bonds is 4. The lowest BCUT2D eigenvalue weighted by Gasteiger charge is -2.23. The van der Waals surface area contributed by atoms with Gasteiger partial charge in [-0.3, -0.25) is 14.4 Å². The van der Waals surface area contributed by atoms with Gasteiger partial charge in [-0.25, -0.2) is 8.78 Å². The van der Waals surface area contributed by atoms with E-state index >= 15 is 0 Å². The smallest absolute Gasteiger partial charge is 0.259 e. The van der Waals surface area contributed by atoms with E-state index in [0.717, 1.165) is 6.07 Å². The van der Waals surface area contributed by atoms with E-state index in [1.54, 1.807) is 24.3 Å². The Labute approximate surface area is 223 Å². The van der Waals surface area contributed by atoms with Crippen molar-refractivity contribution in [3.05, 3.63) is 119 Å². The molecule has 0 atom stereocenters. The Morgan fingerprint density at radius 1 is 0.846 bits per heavy atom. The van der Waals surface area contributed by atoms with Crippen molar-refractivity contribution in [1.82, 2.24) is 0 Å². The summed E-state index contributed by atoms with van der Waals surface area (Å²) in [6.07, 6.45) is 0.559. The standard InChI is InChI=1S/C31H21F2N3O3/c32-21-8-11-25(26(16-21)19-5-2-1-3-6-19)30(38)35-23-10-12-24(20(15-23)18-34)31(39)36-14-4-7-29(37)27-17-22(33)9-13-28(27)36/h1-3,5-6,8-13,15-17H,4,7,14H2,(H,35,38). The molecule has 39 heavy (non-hydrogen) atoms. The third-order valence-electron chi connectivity index (χ3n) is 6.52. The first-order chi connectivity index (χ1) is 18.9. The molecule has 1 aliphatic heterocycles. The van der Waals surface area contributed by atoms with E-state index in [1.807, 2.05) is 12.1 Å². The van der Waals surface area contributed by atoms with Crippen molar-refractivity contribution in [1.29, 1.82) is 5.26 Å². The molecule has 0 radical (unpaired) electrons. The third-order valence-corrected chi connectivity index (χ3v) is 6.52. The molecule has 0 saturated heterocycles. The minimum absolute atomic E-state index is 0.0134. The number of carbonyl (C=O) groups is 3. The Morgan fingerprint density at radius 3 is 2.28 bits per heavy atom. The summed E-state index contributed by atoms with van der Waals surface area (Å²) in [7, 11) is 0. The number of amides is 2. The number of benzene rings is 4. The quantitative estimate of drug-likeness (QED) is 0.338. The third kappa shape index (κ3) is 5.15. The maximum atomic E-state index is 14.0. The van der Waals surface area contributed by atoms with Crippen LogP contribution in [0.3, 0.4) is 0 Å². The zero-order valence-corrected chi connectivity index (χ0v) is 20.6. The molecule has 192 valence electrons. The Balaban J connectivity index is 1.44. The lowest BCUT2D eigenvalue weighted by molar-refractivity contribution is 0.0973. The summed E-state index contributed by atoms with van der Waals surface area (Å²) in [5, 5.41) is 12.5. The van der Waals surface area contributed by atoms with Gasteiger partial charge in [0, 0.05) is 29.8 Å². The number of nitrogens with one attached hydrogen (secondary N) is 1. The highest BCUT2D eigenvalue weighted by atomic mass is 19.1. The van der Waals surface area contributed by atoms with Gasteiger partial charge >= 0.3 is 0 Å². The second-order valence-electron chi connectivity index (χ2n) is 9.03. The van der Waals surface area contributed by atoms with Crippen LogP contribution in [0.15, 0.2) is 84.9 Å². The van der Waals surface area contributed by atoms with E-state index in [4.69, 9.17) is 0 Å². The monoisotopic (exact) mass is 521 g/mol. The number of carbonyl (C=O) groups excluding carboxylic acids is 3. The number of anilines is 2. The van der Waals surface area contributed by atoms with Crippen molar-refractivity contribution in [3.63, 3.8) is 0 Å². The van der Waals surface area contributed by atoms with Crippen LogP contribution in [-0.2, 0) is 0 Å². The van der Waals surface area contributed by atoms with Crippen LogP contribution in [0.25, 0.3) is 11.1 Å². The van der Waals surface area contributed by atoms with E-state index in [9.17, 15) is 28.4 Å². The molecule has 0 bridgehead atoms. The predicted molar refractivity (Wildman–Crippen MR) is 143 cm³/mol. The zero-order valence-electron chi connectivity index (χ0n) is 20.6. The average molecular weight is 522 g/mol. The Morgan fingerprint density at radius 2 is 1.54 bits per heavy atom. The van der Waals surface area contributed by atoms with E-state index < -0.39 is 23.4 Å². The highest BCUT2D eigenvalue weighted by Gasteiger charge is 2.28. The number of hydrogen-bond acceptors (Lipinski definition) is 4. The molecule has 0 spiro atoms. The van der Waals surface area contributed by atoms with Gasteiger partial charge in [-0.05, 0) is 72.1 Å². The summed E-state index contributed by atoms with van der Waals surface area (Å²) >= 11 is 0. The number of nitrogens with zero attached hydrogens (tertiary/aromatic N) is 2. The highest BCUT2D eigenvalue weighted by Crippen LogP contribution is 2.30. The van der Waals surface area contributed by atoms with Crippen LogP contribution in [0.1, 0.15) is 49.5 Å². The largest absolute Gasteiger partial charge is 0.322 e. The van der Waals surface area contributed by atoms with Crippen LogP contribution in [0.2, 0.25) is 0 Å². The molecule has 1 N–H and O–H groups in total. The van der Waals surface area contributed by atoms with Crippen molar-refractivity contribution in [3.8, 4) is 17.2 Å². The molecule has 2 amide bonds. The molecule has 0 unspecified atom stereocenters. The normalized spacial score (nSPS) is 12.7. The number of Topliss-reactive ketones (excluding diaryl/α,β-unsaturated/α-hetero) is 1. The zero-order chi connectivity index (χ0) is 27.5. The summed E-state index contributed by atoms with van der Waals surface area (Å²) < 4.78 is 27.8. The van der Waals surface area contributed by atoms with Crippen LogP contribution >= 0.6 is 0 Å². The van der Waals surface area contributed by atoms with Gasteiger partial charge in [-0.1, -0.05) is 30.3 Å². The first-order valence-electron chi connectivity index (χ1n) is 12.2. The molecule has 1 heterocycles. The van der Waals surface area contributed by atoms with E-state index in [0.29, 0.717) is 17.5 Å². The van der Waals surface area contributed by atoms with Crippen molar-refractivity contribution < 1.29 is 23.2 Å². The number of ketones is 1. The fraction of sp³-hybridized carbons (Fsp3) is 0.0968. The van der Waals surface area contributed by atoms with Crippen LogP contribution in [0, 0.1) is 23.0 Å². The van der Waals surface area contributed by atoms with E-state index in [-0.39, 0.29) is 52.4 Å². The van der Waals surface area contributed by atoms with Crippen molar-refractivity contribution in [2.24, 2.45) is 0 Å². The number of halogens is 2. The fourth-order valence-corrected chi connectivity index (χ4v) is 4.65. The maximum absolute atomic E-state index is 14.0. The van der Waals surface area contributed by atoms with Gasteiger partial charge in [0.2, 0.25) is 0 Å². The molecule has 0 saturated carbocycles. The second kappa shape index (κ2) is 10.7. The summed E-state index contributed by atoms with van der Waals surface area (Å²) in [4.78, 5) is 40.5. The first kappa shape index (κ1) is 25.5. The summed E-state index contributed by atoms with van der Waals surface area (Å²) in [5.74, 6) is -2.35. The summed E-state index contributed by atoms with van der Waals surface area (Å²) in [6, 6.07) is 22.8. The molecule has 6 nitrogen and oxygen atoms in total. The molecule has 1 aliphatic rings. The topological polar surface area (TPSA) is 90.3 Å². The van der Waals surface area contributed by atoms with Gasteiger partial charge in [0.15, 0.2) is 5.78 Å². The molecule has 4 aromatic carbocycles. The van der Waals surface area contributed by atoms with Crippen LogP contribution in [0.5, 0.6) is 0 Å². The summed E-state index contributed by atoms with van der Waals surface area (Å²) in [5.41, 5.74) is 2.07. The molecular weight excluding hydrogens is 500 g/mol. The summed E-state index contributed by atoms with van der Waals surface area (Å²) in [6.45, 7) is 0.222. The van der Waals surface area contributed by atoms with Crippen molar-refractivity contribution >= 4 is 29.0 Å². The van der Waals surface area contributed by atoms with Gasteiger partial charge in [0.1, 0.15) is 17.7 Å². The van der Waals surface area contributed by atoms with Crippen molar-refractivity contribution in [2.75, 3.05) is 16.8 Å². The van der Waals surface area contributed by atoms with Gasteiger partial charge in [-0.15, -0.1) is 0 Å². The maximum Gasteiger partial charge on any atom is 0.259 e. The minimum Gasteiger partial charge on any atom is -0.322 e. The molecule has 8 heteroatoms. The Kier molecular flexibility index (Phi) is 6.98. The lowest BCUT2D eigenvalue weighted by atomic mass is 9.98. The van der Waals surface area contributed by atoms with Crippen molar-refractivity contribution in [2.45, 2.75) is 12.8 Å². The predicted octanol–water partition coefficient (Wildman–Crippen LogP) is 6.38. The molecule has 0 aromatic heterocycles. The van der Waals surface area contributed by atoms with Crippen LogP contribution < -0.4 is 10.2 Å². The SMILES string of the molecule is N#Cc1cc(NC(=O)c2ccc(F)cc2-c2ccccc2)ccc1C(=O)N1CCCC(=O)c2cc(F)ccc21. The van der Waals surface area contributed by atoms with Gasteiger partial charge in [0.05, 0.1) is 16.8 Å². The number of nitriles is 1. The molecule has 0 aliphatic carbocycles. The second-order valence-corrected chi connectivity index (χ2v) is 9.03. The minimum atomic E-state index is -0.578. The Hall–Kier alpha value is -5.16. The fourth-order valence-electron chi connectivity index (χ4n) is 4.65. The Bertz CT molecular complexity index is 1660. The van der Waals surface area contributed by atoms with Crippen LogP contribution in [0.4, 0.5) is 20.2 Å². The molecular formula is C31H21F2N3O3. The van der Waals surface area contributed by atoms with Gasteiger partial charge in [0.25, 0.3) is 11.8 Å². The molecule has 0 fully saturated rings. The molecule has 4 aromatic rings. The number of fused-ring (bicyclic) bond motifs is 1. The highest BCUT2D eigenvalue weighted by molar-refractivity contribution is 6.13. The van der Waals surface area contributed by atoms with E-state index in [1.165, 1.54) is 53.4 Å². The van der Waals surface area contributed by atoms with Gasteiger partial charge in [-0.2, -0.15) is 5.26 Å². The first-order valence-corrected chi connectivity index (χ1v) is 12.2. The van der Waals surface area contributed by atoms with Crippen LogP contribution in [-0.4, -0.2) is 24.1 Å².